The molecule has 0 radical (unpaired) electrons. The molecular formula is C11H10ClN5O3. The van der Waals surface area contributed by atoms with Gasteiger partial charge in [-0.1, -0.05) is 11.6 Å². The van der Waals surface area contributed by atoms with E-state index < -0.39 is 18.5 Å². The summed E-state index contributed by atoms with van der Waals surface area (Å²) in [7, 11) is 0. The van der Waals surface area contributed by atoms with Crippen molar-refractivity contribution in [2.45, 2.75) is 6.54 Å². The van der Waals surface area contributed by atoms with Crippen LogP contribution in [0.5, 0.6) is 0 Å². The van der Waals surface area contributed by atoms with Crippen molar-refractivity contribution in [1.29, 1.82) is 0 Å². The van der Waals surface area contributed by atoms with Gasteiger partial charge in [-0.05, 0) is 29.5 Å². The maximum Gasteiger partial charge on any atom is 0.330 e. The van der Waals surface area contributed by atoms with Crippen LogP contribution in [0.3, 0.4) is 0 Å². The number of aromatic nitrogens is 4. The van der Waals surface area contributed by atoms with E-state index in [1.807, 2.05) is 0 Å². The first-order valence-corrected chi connectivity index (χ1v) is 5.90. The summed E-state index contributed by atoms with van der Waals surface area (Å²) in [6.45, 7) is -0.731. The zero-order chi connectivity index (χ0) is 14.5. The number of nitrogens with zero attached hydrogens (tertiary/aromatic N) is 4. The maximum absolute atomic E-state index is 11.3. The van der Waals surface area contributed by atoms with Crippen molar-refractivity contribution in [3.8, 4) is 11.4 Å². The van der Waals surface area contributed by atoms with Gasteiger partial charge in [0, 0.05) is 10.6 Å². The van der Waals surface area contributed by atoms with Gasteiger partial charge in [-0.15, -0.1) is 10.2 Å². The zero-order valence-corrected chi connectivity index (χ0v) is 10.9. The number of hydrogen-bond acceptors (Lipinski definition) is 6. The minimum Gasteiger partial charge on any atom is -0.454 e. The highest BCUT2D eigenvalue weighted by Crippen LogP contribution is 2.16. The molecule has 0 unspecified atom stereocenters. The van der Waals surface area contributed by atoms with E-state index in [0.717, 1.165) is 4.80 Å². The average molecular weight is 296 g/mol. The Kier molecular flexibility index (Phi) is 4.26. The summed E-state index contributed by atoms with van der Waals surface area (Å²) >= 11 is 5.77. The summed E-state index contributed by atoms with van der Waals surface area (Å²) in [5, 5.41) is 12.1. The van der Waals surface area contributed by atoms with Crippen LogP contribution in [0, 0.1) is 0 Å². The van der Waals surface area contributed by atoms with Gasteiger partial charge in [-0.25, -0.2) is 4.79 Å². The molecule has 1 aromatic carbocycles. The van der Waals surface area contributed by atoms with Gasteiger partial charge in [0.25, 0.3) is 5.91 Å². The number of hydrogen-bond donors (Lipinski definition) is 1. The predicted octanol–water partition coefficient (Wildman–Crippen LogP) is 0.0220. The van der Waals surface area contributed by atoms with Crippen LogP contribution < -0.4 is 5.73 Å². The molecule has 1 aromatic heterocycles. The summed E-state index contributed by atoms with van der Waals surface area (Å²) in [6, 6.07) is 6.85. The second-order valence-corrected chi connectivity index (χ2v) is 4.21. The smallest absolute Gasteiger partial charge is 0.330 e. The Balaban J connectivity index is 2.00. The van der Waals surface area contributed by atoms with Crippen molar-refractivity contribution in [3.63, 3.8) is 0 Å². The maximum atomic E-state index is 11.3. The lowest BCUT2D eigenvalue weighted by Crippen LogP contribution is -2.23. The summed E-state index contributed by atoms with van der Waals surface area (Å²) in [5.41, 5.74) is 5.56. The molecule has 1 amide bonds. The normalized spacial score (nSPS) is 10.2. The van der Waals surface area contributed by atoms with Crippen molar-refractivity contribution in [1.82, 2.24) is 20.2 Å². The lowest BCUT2D eigenvalue weighted by molar-refractivity contribution is -0.148. The largest absolute Gasteiger partial charge is 0.454 e. The third-order valence-corrected chi connectivity index (χ3v) is 2.45. The first-order valence-electron chi connectivity index (χ1n) is 5.52. The van der Waals surface area contributed by atoms with Crippen LogP contribution in [-0.4, -0.2) is 38.7 Å². The quantitative estimate of drug-likeness (QED) is 0.778. The Bertz CT molecular complexity index is 625. The first-order chi connectivity index (χ1) is 9.54. The van der Waals surface area contributed by atoms with Gasteiger partial charge < -0.3 is 10.5 Å². The second-order valence-electron chi connectivity index (χ2n) is 3.78. The van der Waals surface area contributed by atoms with Gasteiger partial charge in [0.05, 0.1) is 0 Å². The van der Waals surface area contributed by atoms with Crippen LogP contribution in [0.15, 0.2) is 24.3 Å². The molecule has 2 aromatic rings. The Hall–Kier alpha value is -2.48. The highest BCUT2D eigenvalue weighted by atomic mass is 35.5. The molecular weight excluding hydrogens is 286 g/mol. The number of halogens is 1. The molecule has 0 aliphatic rings. The predicted molar refractivity (Wildman–Crippen MR) is 68.4 cm³/mol. The van der Waals surface area contributed by atoms with Crippen LogP contribution >= 0.6 is 11.6 Å². The second kappa shape index (κ2) is 6.11. The number of primary amides is 1. The zero-order valence-electron chi connectivity index (χ0n) is 10.2. The molecule has 104 valence electrons. The highest BCUT2D eigenvalue weighted by Gasteiger charge is 2.10. The van der Waals surface area contributed by atoms with Crippen LogP contribution in [0.25, 0.3) is 11.4 Å². The molecule has 0 atom stereocenters. The Labute approximate surface area is 118 Å². The molecule has 2 N–H and O–H groups in total. The number of benzene rings is 1. The molecule has 0 bridgehead atoms. The van der Waals surface area contributed by atoms with Crippen LogP contribution in [-0.2, 0) is 20.9 Å². The Morgan fingerprint density at radius 1 is 1.30 bits per heavy atom. The van der Waals surface area contributed by atoms with E-state index in [9.17, 15) is 9.59 Å². The fourth-order valence-electron chi connectivity index (χ4n) is 1.34. The number of ether oxygens (including phenoxy) is 1. The molecule has 0 aliphatic carbocycles. The highest BCUT2D eigenvalue weighted by molar-refractivity contribution is 6.30. The minimum absolute atomic E-state index is 0.256. The van der Waals surface area contributed by atoms with Crippen LogP contribution in [0.4, 0.5) is 0 Å². The Morgan fingerprint density at radius 2 is 2.00 bits per heavy atom. The third kappa shape index (κ3) is 3.75. The Morgan fingerprint density at radius 3 is 2.65 bits per heavy atom. The molecule has 0 saturated carbocycles. The van der Waals surface area contributed by atoms with Gasteiger partial charge in [-0.2, -0.15) is 4.80 Å². The number of carbonyl (C=O) groups excluding carboxylic acids is 2. The topological polar surface area (TPSA) is 113 Å². The van der Waals surface area contributed by atoms with E-state index in [1.165, 1.54) is 0 Å². The van der Waals surface area contributed by atoms with Gasteiger partial charge in [0.1, 0.15) is 0 Å². The van der Waals surface area contributed by atoms with E-state index in [-0.39, 0.29) is 6.54 Å². The number of esters is 1. The number of amides is 1. The molecule has 0 saturated heterocycles. The first kappa shape index (κ1) is 13.9. The lowest BCUT2D eigenvalue weighted by atomic mass is 10.2. The van der Waals surface area contributed by atoms with Gasteiger partial charge in [-0.3, -0.25) is 4.79 Å². The molecule has 0 fully saturated rings. The van der Waals surface area contributed by atoms with Gasteiger partial charge >= 0.3 is 5.97 Å². The molecule has 0 spiro atoms. The van der Waals surface area contributed by atoms with Crippen molar-refractivity contribution >= 4 is 23.5 Å². The van der Waals surface area contributed by atoms with Crippen molar-refractivity contribution in [3.05, 3.63) is 29.3 Å². The summed E-state index contributed by atoms with van der Waals surface area (Å²) in [5.74, 6) is -1.06. The number of nitrogens with two attached hydrogens (primary N) is 1. The van der Waals surface area contributed by atoms with Gasteiger partial charge in [0.2, 0.25) is 5.82 Å². The molecule has 0 aliphatic heterocycles. The van der Waals surface area contributed by atoms with Crippen molar-refractivity contribution < 1.29 is 14.3 Å². The van der Waals surface area contributed by atoms with E-state index in [0.29, 0.717) is 16.4 Å². The van der Waals surface area contributed by atoms with E-state index in [4.69, 9.17) is 17.3 Å². The summed E-state index contributed by atoms with van der Waals surface area (Å²) < 4.78 is 4.58. The van der Waals surface area contributed by atoms with E-state index in [1.54, 1.807) is 24.3 Å². The number of tetrazole rings is 1. The SMILES string of the molecule is NC(=O)COC(=O)Cn1nnc(-c2ccc(Cl)cc2)n1. The molecule has 2 rings (SSSR count). The molecule has 8 nitrogen and oxygen atoms in total. The van der Waals surface area contributed by atoms with Crippen LogP contribution in [0.1, 0.15) is 0 Å². The van der Waals surface area contributed by atoms with Crippen molar-refractivity contribution in [2.24, 2.45) is 5.73 Å². The van der Waals surface area contributed by atoms with E-state index in [2.05, 4.69) is 20.1 Å². The standard InChI is InChI=1S/C11H10ClN5O3/c12-8-3-1-7(2-4-8)11-14-16-17(15-11)5-10(19)20-6-9(13)18/h1-4H,5-6H2,(H2,13,18). The fraction of sp³-hybridized carbons (Fsp3) is 0.182. The number of rotatable bonds is 5. The fourth-order valence-corrected chi connectivity index (χ4v) is 1.46. The monoisotopic (exact) mass is 295 g/mol. The third-order valence-electron chi connectivity index (χ3n) is 2.20. The molecule has 1 heterocycles. The summed E-state index contributed by atoms with van der Waals surface area (Å²) in [6.07, 6.45) is 0. The van der Waals surface area contributed by atoms with Gasteiger partial charge in [0.15, 0.2) is 13.2 Å². The van der Waals surface area contributed by atoms with E-state index >= 15 is 0 Å². The summed E-state index contributed by atoms with van der Waals surface area (Å²) in [4.78, 5) is 22.9. The number of carbonyl (C=O) groups is 2. The van der Waals surface area contributed by atoms with Crippen LogP contribution in [0.2, 0.25) is 5.02 Å². The molecule has 9 heteroatoms. The average Bonchev–Trinajstić information content (AvgIpc) is 2.85. The molecule has 20 heavy (non-hydrogen) atoms. The minimum atomic E-state index is -0.730. The lowest BCUT2D eigenvalue weighted by Gasteiger charge is -2.00. The van der Waals surface area contributed by atoms with Crippen molar-refractivity contribution in [2.75, 3.05) is 6.61 Å².